The molecule has 3 aromatic rings. The van der Waals surface area contributed by atoms with E-state index in [2.05, 4.69) is 4.98 Å². The van der Waals surface area contributed by atoms with Crippen LogP contribution in [0.5, 0.6) is 5.75 Å². The van der Waals surface area contributed by atoms with Crippen LogP contribution < -0.4 is 9.64 Å². The summed E-state index contributed by atoms with van der Waals surface area (Å²) in [7, 11) is 1.38. The highest BCUT2D eigenvalue weighted by Gasteiger charge is 2.47. The lowest BCUT2D eigenvalue weighted by Crippen LogP contribution is -2.29. The number of aliphatic hydroxyl groups excluding tert-OH is 1. The van der Waals surface area contributed by atoms with E-state index in [1.165, 1.54) is 43.8 Å². The van der Waals surface area contributed by atoms with E-state index in [1.807, 2.05) is 0 Å². The number of rotatable bonds is 4. The molecule has 6 nitrogen and oxygen atoms in total. The van der Waals surface area contributed by atoms with Gasteiger partial charge in [0.05, 0.1) is 33.8 Å². The molecule has 2 heterocycles. The fraction of sp³-hybridized carbons (Fsp3) is 0.0870. The Labute approximate surface area is 202 Å². The van der Waals surface area contributed by atoms with Gasteiger partial charge >= 0.3 is 0 Å². The van der Waals surface area contributed by atoms with Crippen molar-refractivity contribution in [2.24, 2.45) is 0 Å². The first-order chi connectivity index (χ1) is 15.7. The number of halogens is 4. The number of amides is 1. The predicted octanol–water partition coefficient (Wildman–Crippen LogP) is 5.82. The molecule has 0 radical (unpaired) electrons. The molecular weight excluding hydrogens is 494 g/mol. The molecule has 1 aliphatic heterocycles. The largest absolute Gasteiger partial charge is 0.507 e. The van der Waals surface area contributed by atoms with Gasteiger partial charge in [0, 0.05) is 23.6 Å². The molecule has 1 atom stereocenters. The Morgan fingerprint density at radius 2 is 1.67 bits per heavy atom. The number of carbonyl (C=O) groups is 2. The molecule has 1 aromatic heterocycles. The second-order valence-electron chi connectivity index (χ2n) is 7.02. The van der Waals surface area contributed by atoms with E-state index in [0.29, 0.717) is 5.56 Å². The van der Waals surface area contributed by atoms with Crippen LogP contribution in [0.1, 0.15) is 17.2 Å². The number of aromatic nitrogens is 1. The summed E-state index contributed by atoms with van der Waals surface area (Å²) in [5.74, 6) is -2.84. The average Bonchev–Trinajstić information content (AvgIpc) is 3.06. The molecule has 10 heteroatoms. The lowest BCUT2D eigenvalue weighted by molar-refractivity contribution is -0.132. The van der Waals surface area contributed by atoms with Gasteiger partial charge in [0.15, 0.2) is 5.75 Å². The number of Topliss-reactive ketones (excluding diaryl/α,β-unsaturated/α-hetero) is 1. The molecule has 2 aromatic carbocycles. The first-order valence-electron chi connectivity index (χ1n) is 9.44. The van der Waals surface area contributed by atoms with Crippen molar-refractivity contribution in [1.82, 2.24) is 4.98 Å². The van der Waals surface area contributed by atoms with E-state index in [0.717, 1.165) is 11.0 Å². The van der Waals surface area contributed by atoms with Crippen molar-refractivity contribution in [3.8, 4) is 5.75 Å². The minimum Gasteiger partial charge on any atom is -0.507 e. The van der Waals surface area contributed by atoms with E-state index < -0.39 is 29.3 Å². The summed E-state index contributed by atoms with van der Waals surface area (Å²) in [5, 5.41) is 11.1. The third-order valence-electron chi connectivity index (χ3n) is 5.12. The average molecular weight is 508 g/mol. The molecule has 1 amide bonds. The highest BCUT2D eigenvalue weighted by Crippen LogP contribution is 2.44. The lowest BCUT2D eigenvalue weighted by atomic mass is 9.95. The molecule has 1 N–H and O–H groups in total. The Bertz CT molecular complexity index is 1290. The van der Waals surface area contributed by atoms with E-state index in [-0.39, 0.29) is 37.6 Å². The van der Waals surface area contributed by atoms with E-state index in [1.54, 1.807) is 12.1 Å². The maximum Gasteiger partial charge on any atom is 0.300 e. The number of hydrogen-bond donors (Lipinski definition) is 1. The molecule has 1 fully saturated rings. The first-order valence-corrected chi connectivity index (χ1v) is 10.6. The van der Waals surface area contributed by atoms with Gasteiger partial charge < -0.3 is 9.84 Å². The molecule has 1 saturated heterocycles. The first kappa shape index (κ1) is 23.0. The predicted molar refractivity (Wildman–Crippen MR) is 123 cm³/mol. The SMILES string of the molecule is COc1c(Cl)cc(/C(O)=C2\C(=O)C(=O)N(c3ccc(F)c(Cl)c3)C2c2ccncc2)cc1Cl. The maximum absolute atomic E-state index is 13.7. The number of ketones is 1. The van der Waals surface area contributed by atoms with Crippen molar-refractivity contribution < 1.29 is 23.8 Å². The molecule has 0 spiro atoms. The third kappa shape index (κ3) is 4.04. The number of hydrogen-bond acceptors (Lipinski definition) is 5. The fourth-order valence-electron chi connectivity index (χ4n) is 3.64. The van der Waals surface area contributed by atoms with Crippen LogP contribution in [-0.4, -0.2) is 28.9 Å². The normalized spacial score (nSPS) is 17.5. The topological polar surface area (TPSA) is 79.7 Å². The number of ether oxygens (including phenoxy) is 1. The Balaban J connectivity index is 1.96. The van der Waals surface area contributed by atoms with E-state index in [9.17, 15) is 19.1 Å². The summed E-state index contributed by atoms with van der Waals surface area (Å²) in [6.45, 7) is 0. The number of benzene rings is 2. The number of pyridine rings is 1. The zero-order valence-electron chi connectivity index (χ0n) is 16.9. The molecule has 168 valence electrons. The van der Waals surface area contributed by atoms with Crippen LogP contribution in [0.15, 0.2) is 60.4 Å². The van der Waals surface area contributed by atoms with Crippen molar-refractivity contribution in [2.45, 2.75) is 6.04 Å². The minimum absolute atomic E-state index is 0.103. The summed E-state index contributed by atoms with van der Waals surface area (Å²) in [6.07, 6.45) is 2.96. The second-order valence-corrected chi connectivity index (χ2v) is 8.24. The van der Waals surface area contributed by atoms with Crippen molar-refractivity contribution in [1.29, 1.82) is 0 Å². The highest BCUT2D eigenvalue weighted by atomic mass is 35.5. The molecule has 4 rings (SSSR count). The number of carbonyl (C=O) groups excluding carboxylic acids is 2. The Kier molecular flexibility index (Phi) is 6.30. The fourth-order valence-corrected chi connectivity index (χ4v) is 4.46. The summed E-state index contributed by atoms with van der Waals surface area (Å²) >= 11 is 18.3. The van der Waals surface area contributed by atoms with Gasteiger partial charge in [0.2, 0.25) is 0 Å². The van der Waals surface area contributed by atoms with Crippen molar-refractivity contribution in [2.75, 3.05) is 12.0 Å². The monoisotopic (exact) mass is 506 g/mol. The lowest BCUT2D eigenvalue weighted by Gasteiger charge is -2.25. The highest BCUT2D eigenvalue weighted by molar-refractivity contribution is 6.52. The smallest absolute Gasteiger partial charge is 0.300 e. The quantitative estimate of drug-likeness (QED) is 0.274. The summed E-state index contributed by atoms with van der Waals surface area (Å²) in [4.78, 5) is 31.3. The molecule has 33 heavy (non-hydrogen) atoms. The van der Waals surface area contributed by atoms with E-state index >= 15 is 0 Å². The van der Waals surface area contributed by atoms with Crippen LogP contribution in [0.4, 0.5) is 10.1 Å². The van der Waals surface area contributed by atoms with Crippen LogP contribution in [0.3, 0.4) is 0 Å². The van der Waals surface area contributed by atoms with E-state index in [4.69, 9.17) is 39.5 Å². The summed E-state index contributed by atoms with van der Waals surface area (Å²) in [6, 6.07) is 8.52. The molecule has 0 saturated carbocycles. The van der Waals surface area contributed by atoms with Crippen LogP contribution in [0.25, 0.3) is 5.76 Å². The Morgan fingerprint density at radius 1 is 1.03 bits per heavy atom. The Morgan fingerprint density at radius 3 is 2.24 bits per heavy atom. The summed E-state index contributed by atoms with van der Waals surface area (Å²) < 4.78 is 18.9. The van der Waals surface area contributed by atoms with Crippen molar-refractivity contribution in [3.63, 3.8) is 0 Å². The van der Waals surface area contributed by atoms with Crippen LogP contribution in [0, 0.1) is 5.82 Å². The molecule has 0 bridgehead atoms. The van der Waals surface area contributed by atoms with Crippen molar-refractivity contribution >= 4 is 57.9 Å². The van der Waals surface area contributed by atoms with Crippen LogP contribution >= 0.6 is 34.8 Å². The standard InChI is InChI=1S/C23H14Cl3FN2O4/c1-33-22-15(25)8-12(9-16(22)26)20(30)18-19(11-4-6-28-7-5-11)29(23(32)21(18)31)13-2-3-17(27)14(24)10-13/h2-10,19,30H,1H3/b20-18+. The molecular formula is C23H14Cl3FN2O4. The maximum atomic E-state index is 13.7. The molecule has 1 aliphatic rings. The summed E-state index contributed by atoms with van der Waals surface area (Å²) in [5.41, 5.74) is 0.566. The third-order valence-corrected chi connectivity index (χ3v) is 5.97. The molecule has 0 aliphatic carbocycles. The number of anilines is 1. The van der Waals surface area contributed by atoms with Gasteiger partial charge in [-0.15, -0.1) is 0 Å². The van der Waals surface area contributed by atoms with Gasteiger partial charge in [-0.2, -0.15) is 0 Å². The second kappa shape index (κ2) is 9.02. The van der Waals surface area contributed by atoms with Gasteiger partial charge in [-0.1, -0.05) is 34.8 Å². The minimum atomic E-state index is -1.05. The van der Waals surface area contributed by atoms with Gasteiger partial charge in [-0.25, -0.2) is 4.39 Å². The van der Waals surface area contributed by atoms with Gasteiger partial charge in [-0.3, -0.25) is 19.5 Å². The zero-order valence-corrected chi connectivity index (χ0v) is 19.1. The number of methoxy groups -OCH3 is 1. The van der Waals surface area contributed by atoms with Crippen LogP contribution in [-0.2, 0) is 9.59 Å². The molecule has 1 unspecified atom stereocenters. The van der Waals surface area contributed by atoms with Gasteiger partial charge in [0.1, 0.15) is 11.6 Å². The van der Waals surface area contributed by atoms with Crippen molar-refractivity contribution in [3.05, 3.63) is 92.4 Å². The number of aliphatic hydroxyl groups is 1. The zero-order chi connectivity index (χ0) is 23.9. The Hall–Kier alpha value is -3.13. The van der Waals surface area contributed by atoms with Gasteiger partial charge in [-0.05, 0) is 48.0 Å². The van der Waals surface area contributed by atoms with Gasteiger partial charge in [0.25, 0.3) is 11.7 Å². The van der Waals surface area contributed by atoms with Crippen LogP contribution in [0.2, 0.25) is 15.1 Å². The number of nitrogens with zero attached hydrogens (tertiary/aromatic N) is 2.